The zero-order chi connectivity index (χ0) is 18.4. The average molecular weight is 419 g/mol. The first-order valence-corrected chi connectivity index (χ1v) is 9.70. The van der Waals surface area contributed by atoms with Crippen molar-refractivity contribution in [2.24, 2.45) is 0 Å². The van der Waals surface area contributed by atoms with Crippen molar-refractivity contribution in [1.29, 1.82) is 0 Å². The normalized spacial score (nSPS) is 13.5. The van der Waals surface area contributed by atoms with Crippen molar-refractivity contribution < 1.29 is 19.0 Å². The Balaban J connectivity index is 1.51. The molecule has 0 N–H and O–H groups in total. The van der Waals surface area contributed by atoms with Gasteiger partial charge in [-0.2, -0.15) is 0 Å². The average Bonchev–Trinajstić information content (AvgIpc) is 3.05. The summed E-state index contributed by atoms with van der Waals surface area (Å²) in [6.07, 6.45) is 2.39. The lowest BCUT2D eigenvalue weighted by molar-refractivity contribution is -0.143. The number of benzene rings is 2. The topological polar surface area (TPSA) is 44.8 Å². The van der Waals surface area contributed by atoms with Crippen molar-refractivity contribution in [1.82, 2.24) is 0 Å². The van der Waals surface area contributed by atoms with Gasteiger partial charge in [-0.3, -0.25) is 4.79 Å². The van der Waals surface area contributed by atoms with E-state index in [1.807, 2.05) is 18.2 Å². The molecule has 138 valence electrons. The largest absolute Gasteiger partial charge is 0.493 e. The molecule has 0 radical (unpaired) electrons. The lowest BCUT2D eigenvalue weighted by Gasteiger charge is -2.14. The summed E-state index contributed by atoms with van der Waals surface area (Å²) < 4.78 is 17.7. The minimum Gasteiger partial charge on any atom is -0.493 e. The number of carbonyl (C=O) groups excluding carboxylic acids is 1. The van der Waals surface area contributed by atoms with Crippen molar-refractivity contribution in [3.63, 3.8) is 0 Å². The monoisotopic (exact) mass is 418 g/mol. The van der Waals surface area contributed by atoms with Crippen molar-refractivity contribution in [2.45, 2.75) is 38.9 Å². The van der Waals surface area contributed by atoms with E-state index in [4.69, 9.17) is 14.2 Å². The van der Waals surface area contributed by atoms with Gasteiger partial charge in [0.25, 0.3) is 0 Å². The van der Waals surface area contributed by atoms with E-state index in [-0.39, 0.29) is 18.5 Å². The Labute approximate surface area is 162 Å². The van der Waals surface area contributed by atoms with Crippen molar-refractivity contribution in [3.8, 4) is 5.75 Å². The van der Waals surface area contributed by atoms with Gasteiger partial charge in [-0.15, -0.1) is 0 Å². The van der Waals surface area contributed by atoms with Crippen LogP contribution in [0.1, 0.15) is 30.0 Å². The second kappa shape index (κ2) is 9.19. The Bertz CT molecular complexity index is 734. The summed E-state index contributed by atoms with van der Waals surface area (Å²) in [5, 5.41) is 0. The minimum atomic E-state index is -0.242. The van der Waals surface area contributed by atoms with E-state index >= 15 is 0 Å². The standard InChI is InChI=1S/C21H23BrO4/c1-2-24-21(23)9-10-25-18-7-8-20(22)17(13-18)14-26-19-11-15-5-3-4-6-16(15)12-19/h3-8,13,19H,2,9-12,14H2,1H3. The predicted molar refractivity (Wildman–Crippen MR) is 103 cm³/mol. The highest BCUT2D eigenvalue weighted by Crippen LogP contribution is 2.27. The molecular formula is C21H23BrO4. The summed E-state index contributed by atoms with van der Waals surface area (Å²) in [5.74, 6) is 0.486. The third-order valence-corrected chi connectivity index (χ3v) is 5.16. The zero-order valence-corrected chi connectivity index (χ0v) is 16.5. The van der Waals surface area contributed by atoms with Crippen LogP contribution < -0.4 is 4.74 Å². The molecule has 0 atom stereocenters. The summed E-state index contributed by atoms with van der Waals surface area (Å²) in [6.45, 7) is 3.01. The van der Waals surface area contributed by atoms with E-state index in [1.54, 1.807) is 6.92 Å². The first kappa shape index (κ1) is 18.9. The molecule has 0 heterocycles. The fourth-order valence-corrected chi connectivity index (χ4v) is 3.44. The molecule has 4 nitrogen and oxygen atoms in total. The second-order valence-corrected chi connectivity index (χ2v) is 7.12. The summed E-state index contributed by atoms with van der Waals surface area (Å²) in [7, 11) is 0. The predicted octanol–water partition coefficient (Wildman–Crippen LogP) is 4.47. The maximum Gasteiger partial charge on any atom is 0.309 e. The fraction of sp³-hybridized carbons (Fsp3) is 0.381. The number of hydrogen-bond donors (Lipinski definition) is 0. The molecule has 0 spiro atoms. The Hall–Kier alpha value is -1.85. The number of carbonyl (C=O) groups is 1. The molecule has 0 aliphatic heterocycles. The van der Waals surface area contributed by atoms with Crippen LogP contribution in [0, 0.1) is 0 Å². The lowest BCUT2D eigenvalue weighted by Crippen LogP contribution is -2.13. The maximum atomic E-state index is 11.4. The molecule has 0 fully saturated rings. The van der Waals surface area contributed by atoms with Crippen LogP contribution >= 0.6 is 15.9 Å². The highest BCUT2D eigenvalue weighted by molar-refractivity contribution is 9.10. The van der Waals surface area contributed by atoms with Crippen LogP contribution in [0.15, 0.2) is 46.9 Å². The second-order valence-electron chi connectivity index (χ2n) is 6.27. The summed E-state index contributed by atoms with van der Waals surface area (Å²) in [5.41, 5.74) is 3.80. The van der Waals surface area contributed by atoms with Gasteiger partial charge in [0.05, 0.1) is 32.3 Å². The fourth-order valence-electron chi connectivity index (χ4n) is 3.08. The third kappa shape index (κ3) is 5.08. The number of esters is 1. The first-order chi connectivity index (χ1) is 12.7. The molecule has 5 heteroatoms. The summed E-state index contributed by atoms with van der Waals surface area (Å²) >= 11 is 3.57. The summed E-state index contributed by atoms with van der Waals surface area (Å²) in [4.78, 5) is 11.4. The van der Waals surface area contributed by atoms with Gasteiger partial charge in [0.15, 0.2) is 0 Å². The number of halogens is 1. The van der Waals surface area contributed by atoms with Crippen LogP contribution in [0.25, 0.3) is 0 Å². The molecule has 3 rings (SSSR count). The van der Waals surface area contributed by atoms with Crippen molar-refractivity contribution in [3.05, 3.63) is 63.6 Å². The maximum absolute atomic E-state index is 11.4. The van der Waals surface area contributed by atoms with Gasteiger partial charge in [-0.05, 0) is 54.7 Å². The van der Waals surface area contributed by atoms with Gasteiger partial charge in [-0.25, -0.2) is 0 Å². The van der Waals surface area contributed by atoms with E-state index in [9.17, 15) is 4.79 Å². The molecule has 0 unspecified atom stereocenters. The van der Waals surface area contributed by atoms with Crippen LogP contribution in [0.4, 0.5) is 0 Å². The van der Waals surface area contributed by atoms with Crippen LogP contribution in [0.5, 0.6) is 5.75 Å². The van der Waals surface area contributed by atoms with E-state index in [2.05, 4.69) is 40.2 Å². The Morgan fingerprint density at radius 2 is 1.88 bits per heavy atom. The summed E-state index contributed by atoms with van der Waals surface area (Å²) in [6, 6.07) is 14.3. The molecule has 1 aliphatic rings. The molecule has 0 amide bonds. The van der Waals surface area contributed by atoms with Crippen LogP contribution in [0.3, 0.4) is 0 Å². The van der Waals surface area contributed by atoms with Gasteiger partial charge in [-0.1, -0.05) is 40.2 Å². The quantitative estimate of drug-likeness (QED) is 0.593. The Morgan fingerprint density at radius 3 is 2.58 bits per heavy atom. The van der Waals surface area contributed by atoms with Crippen LogP contribution in [-0.4, -0.2) is 25.3 Å². The minimum absolute atomic E-state index is 0.215. The molecule has 0 saturated heterocycles. The molecule has 2 aromatic carbocycles. The SMILES string of the molecule is CCOC(=O)CCOc1ccc(Br)c(COC2Cc3ccccc3C2)c1. The van der Waals surface area contributed by atoms with E-state index in [0.29, 0.717) is 19.8 Å². The molecule has 0 aromatic heterocycles. The van der Waals surface area contributed by atoms with Crippen molar-refractivity contribution in [2.75, 3.05) is 13.2 Å². The molecular weight excluding hydrogens is 396 g/mol. The molecule has 0 saturated carbocycles. The van der Waals surface area contributed by atoms with Gasteiger partial charge in [0.2, 0.25) is 0 Å². The number of fused-ring (bicyclic) bond motifs is 1. The van der Waals surface area contributed by atoms with E-state index in [0.717, 1.165) is 28.6 Å². The van der Waals surface area contributed by atoms with Crippen LogP contribution in [-0.2, 0) is 33.7 Å². The smallest absolute Gasteiger partial charge is 0.309 e. The number of hydrogen-bond acceptors (Lipinski definition) is 4. The van der Waals surface area contributed by atoms with E-state index < -0.39 is 0 Å². The Kier molecular flexibility index (Phi) is 6.69. The van der Waals surface area contributed by atoms with Gasteiger partial charge >= 0.3 is 5.97 Å². The van der Waals surface area contributed by atoms with Crippen LogP contribution in [0.2, 0.25) is 0 Å². The molecule has 0 bridgehead atoms. The molecule has 26 heavy (non-hydrogen) atoms. The highest BCUT2D eigenvalue weighted by atomic mass is 79.9. The van der Waals surface area contributed by atoms with Gasteiger partial charge in [0.1, 0.15) is 5.75 Å². The van der Waals surface area contributed by atoms with E-state index in [1.165, 1.54) is 11.1 Å². The Morgan fingerprint density at radius 1 is 1.15 bits per heavy atom. The molecule has 2 aromatic rings. The number of rotatable bonds is 8. The third-order valence-electron chi connectivity index (χ3n) is 4.39. The molecule has 1 aliphatic carbocycles. The highest BCUT2D eigenvalue weighted by Gasteiger charge is 2.21. The number of ether oxygens (including phenoxy) is 3. The zero-order valence-electron chi connectivity index (χ0n) is 14.9. The van der Waals surface area contributed by atoms with Crippen molar-refractivity contribution >= 4 is 21.9 Å². The van der Waals surface area contributed by atoms with Gasteiger partial charge < -0.3 is 14.2 Å². The lowest BCUT2D eigenvalue weighted by atomic mass is 10.1. The van der Waals surface area contributed by atoms with Gasteiger partial charge in [0, 0.05) is 4.47 Å². The first-order valence-electron chi connectivity index (χ1n) is 8.91.